The standard InChI is InChI=1S/C29H30ClN3O2/c1-21(32-27-19-26(35-2)18-24-11-6-16-31-28(24)27)8-7-17-33(20-22-12-14-25(30)15-13-22)29(34)23-9-4-3-5-10-23/h3-6,9-16,18-19,21,32H,7-8,17,20H2,1-2H3. The van der Waals surface area contributed by atoms with Crippen molar-refractivity contribution < 1.29 is 9.53 Å². The number of rotatable bonds is 10. The Kier molecular flexibility index (Phi) is 8.22. The summed E-state index contributed by atoms with van der Waals surface area (Å²) in [7, 11) is 1.67. The molecule has 3 aromatic carbocycles. The number of methoxy groups -OCH3 is 1. The van der Waals surface area contributed by atoms with Gasteiger partial charge in [0.05, 0.1) is 18.3 Å². The summed E-state index contributed by atoms with van der Waals surface area (Å²) in [5.74, 6) is 0.826. The number of benzene rings is 3. The summed E-state index contributed by atoms with van der Waals surface area (Å²) >= 11 is 6.05. The summed E-state index contributed by atoms with van der Waals surface area (Å²) in [5, 5.41) is 5.31. The maximum absolute atomic E-state index is 13.3. The van der Waals surface area contributed by atoms with Crippen molar-refractivity contribution in [1.29, 1.82) is 0 Å². The van der Waals surface area contributed by atoms with Crippen molar-refractivity contribution in [3.05, 3.63) is 101 Å². The molecule has 0 fully saturated rings. The highest BCUT2D eigenvalue weighted by molar-refractivity contribution is 6.30. The minimum atomic E-state index is 0.0316. The molecule has 1 atom stereocenters. The topological polar surface area (TPSA) is 54.5 Å². The molecule has 0 saturated heterocycles. The number of aromatic nitrogens is 1. The van der Waals surface area contributed by atoms with Crippen molar-refractivity contribution in [2.24, 2.45) is 0 Å². The number of fused-ring (bicyclic) bond motifs is 1. The quantitative estimate of drug-likeness (QED) is 0.266. The molecular formula is C29H30ClN3O2. The highest BCUT2D eigenvalue weighted by atomic mass is 35.5. The van der Waals surface area contributed by atoms with E-state index in [1.54, 1.807) is 13.3 Å². The predicted octanol–water partition coefficient (Wildman–Crippen LogP) is 6.82. The zero-order valence-electron chi connectivity index (χ0n) is 20.1. The Bertz CT molecular complexity index is 1260. The van der Waals surface area contributed by atoms with Crippen molar-refractivity contribution in [3.63, 3.8) is 0 Å². The number of amides is 1. The van der Waals surface area contributed by atoms with Crippen molar-refractivity contribution in [3.8, 4) is 5.75 Å². The van der Waals surface area contributed by atoms with Crippen molar-refractivity contribution in [2.75, 3.05) is 19.0 Å². The van der Waals surface area contributed by atoms with Crippen LogP contribution in [0.25, 0.3) is 10.9 Å². The van der Waals surface area contributed by atoms with Crippen LogP contribution in [0.3, 0.4) is 0 Å². The average molecular weight is 488 g/mol. The zero-order valence-corrected chi connectivity index (χ0v) is 20.8. The Hall–Kier alpha value is -3.57. The average Bonchev–Trinajstić information content (AvgIpc) is 2.89. The molecular weight excluding hydrogens is 458 g/mol. The van der Waals surface area contributed by atoms with E-state index >= 15 is 0 Å². The van der Waals surface area contributed by atoms with Gasteiger partial charge in [0.2, 0.25) is 0 Å². The van der Waals surface area contributed by atoms with Gasteiger partial charge >= 0.3 is 0 Å². The second-order valence-corrected chi connectivity index (χ2v) is 9.09. The summed E-state index contributed by atoms with van der Waals surface area (Å²) in [6, 6.07) is 25.2. The molecule has 35 heavy (non-hydrogen) atoms. The third kappa shape index (κ3) is 6.52. The molecule has 1 aromatic heterocycles. The first-order chi connectivity index (χ1) is 17.0. The Morgan fingerprint density at radius 2 is 1.83 bits per heavy atom. The molecule has 0 spiro atoms. The summed E-state index contributed by atoms with van der Waals surface area (Å²) in [6.07, 6.45) is 3.55. The van der Waals surface area contributed by atoms with E-state index in [9.17, 15) is 4.79 Å². The van der Waals surface area contributed by atoms with Gasteiger partial charge in [0.25, 0.3) is 5.91 Å². The van der Waals surface area contributed by atoms with Crippen LogP contribution in [0.15, 0.2) is 85.1 Å². The number of carbonyl (C=O) groups is 1. The Balaban J connectivity index is 1.42. The van der Waals surface area contributed by atoms with E-state index in [4.69, 9.17) is 16.3 Å². The number of anilines is 1. The van der Waals surface area contributed by atoms with Crippen LogP contribution in [-0.4, -0.2) is 35.5 Å². The van der Waals surface area contributed by atoms with Crippen LogP contribution in [0.2, 0.25) is 5.02 Å². The van der Waals surface area contributed by atoms with Crippen LogP contribution in [-0.2, 0) is 6.54 Å². The number of halogens is 1. The molecule has 4 rings (SSSR count). The third-order valence-electron chi connectivity index (χ3n) is 5.98. The Morgan fingerprint density at radius 3 is 2.57 bits per heavy atom. The van der Waals surface area contributed by atoms with Gasteiger partial charge in [0.1, 0.15) is 5.75 Å². The van der Waals surface area contributed by atoms with Gasteiger partial charge in [-0.3, -0.25) is 9.78 Å². The van der Waals surface area contributed by atoms with E-state index < -0.39 is 0 Å². The molecule has 0 bridgehead atoms. The van der Waals surface area contributed by atoms with E-state index in [0.717, 1.165) is 40.7 Å². The fourth-order valence-electron chi connectivity index (χ4n) is 4.14. The number of ether oxygens (including phenoxy) is 1. The number of carbonyl (C=O) groups excluding carboxylic acids is 1. The molecule has 180 valence electrons. The van der Waals surface area contributed by atoms with E-state index in [-0.39, 0.29) is 11.9 Å². The number of pyridine rings is 1. The number of nitrogens with zero attached hydrogens (tertiary/aromatic N) is 2. The van der Waals surface area contributed by atoms with Crippen LogP contribution in [0, 0.1) is 0 Å². The highest BCUT2D eigenvalue weighted by Crippen LogP contribution is 2.28. The Morgan fingerprint density at radius 1 is 1.06 bits per heavy atom. The van der Waals surface area contributed by atoms with E-state index in [0.29, 0.717) is 23.7 Å². The lowest BCUT2D eigenvalue weighted by molar-refractivity contribution is 0.0739. The lowest BCUT2D eigenvalue weighted by Gasteiger charge is -2.24. The number of hydrogen-bond donors (Lipinski definition) is 1. The second kappa shape index (κ2) is 11.7. The first kappa shape index (κ1) is 24.6. The zero-order chi connectivity index (χ0) is 24.6. The van der Waals surface area contributed by atoms with Gasteiger partial charge in [0.15, 0.2) is 0 Å². The lowest BCUT2D eigenvalue weighted by Crippen LogP contribution is -2.32. The van der Waals surface area contributed by atoms with Gasteiger partial charge < -0.3 is 15.0 Å². The molecule has 0 saturated carbocycles. The van der Waals surface area contributed by atoms with Crippen LogP contribution in [0.5, 0.6) is 5.75 Å². The van der Waals surface area contributed by atoms with Gasteiger partial charge in [0, 0.05) is 47.4 Å². The monoisotopic (exact) mass is 487 g/mol. The summed E-state index contributed by atoms with van der Waals surface area (Å²) in [5.41, 5.74) is 3.62. The SMILES string of the molecule is COc1cc(NC(C)CCCN(Cc2ccc(Cl)cc2)C(=O)c2ccccc2)c2ncccc2c1. The number of nitrogens with one attached hydrogen (secondary N) is 1. The minimum absolute atomic E-state index is 0.0316. The van der Waals surface area contributed by atoms with Crippen LogP contribution in [0.4, 0.5) is 5.69 Å². The minimum Gasteiger partial charge on any atom is -0.497 e. The maximum Gasteiger partial charge on any atom is 0.254 e. The van der Waals surface area contributed by atoms with Crippen molar-refractivity contribution >= 4 is 34.1 Å². The normalized spacial score (nSPS) is 11.7. The molecule has 0 aliphatic rings. The molecule has 1 amide bonds. The molecule has 0 radical (unpaired) electrons. The fraction of sp³-hybridized carbons (Fsp3) is 0.241. The number of hydrogen-bond acceptors (Lipinski definition) is 4. The van der Waals surface area contributed by atoms with Gasteiger partial charge in [-0.25, -0.2) is 0 Å². The molecule has 1 unspecified atom stereocenters. The predicted molar refractivity (Wildman–Crippen MR) is 143 cm³/mol. The van der Waals surface area contributed by atoms with E-state index in [2.05, 4.69) is 17.2 Å². The summed E-state index contributed by atoms with van der Waals surface area (Å²) in [6.45, 7) is 3.34. The van der Waals surface area contributed by atoms with Crippen molar-refractivity contribution in [2.45, 2.75) is 32.4 Å². The highest BCUT2D eigenvalue weighted by Gasteiger charge is 2.17. The van der Waals surface area contributed by atoms with Crippen LogP contribution < -0.4 is 10.1 Å². The molecule has 1 N–H and O–H groups in total. The molecule has 6 heteroatoms. The fourth-order valence-corrected chi connectivity index (χ4v) is 4.27. The van der Waals surface area contributed by atoms with E-state index in [1.165, 1.54) is 0 Å². The van der Waals surface area contributed by atoms with E-state index in [1.807, 2.05) is 83.8 Å². The molecule has 0 aliphatic heterocycles. The largest absolute Gasteiger partial charge is 0.497 e. The lowest BCUT2D eigenvalue weighted by atomic mass is 10.1. The molecule has 4 aromatic rings. The third-order valence-corrected chi connectivity index (χ3v) is 6.23. The van der Waals surface area contributed by atoms with Gasteiger partial charge in [-0.2, -0.15) is 0 Å². The Labute approximate surface area is 211 Å². The summed E-state index contributed by atoms with van der Waals surface area (Å²) < 4.78 is 5.47. The smallest absolute Gasteiger partial charge is 0.254 e. The van der Waals surface area contributed by atoms with Crippen LogP contribution in [0.1, 0.15) is 35.7 Å². The maximum atomic E-state index is 13.3. The first-order valence-corrected chi connectivity index (χ1v) is 12.2. The molecule has 1 heterocycles. The second-order valence-electron chi connectivity index (χ2n) is 8.66. The van der Waals surface area contributed by atoms with Gasteiger partial charge in [-0.1, -0.05) is 48.0 Å². The van der Waals surface area contributed by atoms with Gasteiger partial charge in [-0.15, -0.1) is 0 Å². The molecule has 0 aliphatic carbocycles. The molecule has 5 nitrogen and oxygen atoms in total. The van der Waals surface area contributed by atoms with Crippen LogP contribution >= 0.6 is 11.6 Å². The van der Waals surface area contributed by atoms with Crippen molar-refractivity contribution in [1.82, 2.24) is 9.88 Å². The first-order valence-electron chi connectivity index (χ1n) is 11.8. The van der Waals surface area contributed by atoms with Gasteiger partial charge in [-0.05, 0) is 61.7 Å². The summed E-state index contributed by atoms with van der Waals surface area (Å²) in [4.78, 5) is 19.7.